The predicted octanol–water partition coefficient (Wildman–Crippen LogP) is 1.76. The van der Waals surface area contributed by atoms with E-state index in [1.54, 1.807) is 7.05 Å². The quantitative estimate of drug-likeness (QED) is 0.907. The summed E-state index contributed by atoms with van der Waals surface area (Å²) in [5, 5.41) is 9.06. The fourth-order valence-corrected chi connectivity index (χ4v) is 2.18. The molecule has 0 atom stereocenters. The molecule has 0 saturated carbocycles. The lowest BCUT2D eigenvalue weighted by molar-refractivity contribution is 0.0689. The van der Waals surface area contributed by atoms with Gasteiger partial charge in [0.25, 0.3) is 0 Å². The van der Waals surface area contributed by atoms with E-state index in [4.69, 9.17) is 5.11 Å². The monoisotopic (exact) mass is 310 g/mol. The van der Waals surface area contributed by atoms with Crippen molar-refractivity contribution in [3.05, 3.63) is 56.2 Å². The highest BCUT2D eigenvalue weighted by Crippen LogP contribution is 2.20. The number of aromatic nitrogens is 2. The molecule has 0 aliphatic carbocycles. The van der Waals surface area contributed by atoms with Gasteiger partial charge in [-0.25, -0.2) is 9.59 Å². The molecule has 1 aromatic carbocycles. The number of nitrogens with zero attached hydrogens (tertiary/aromatic N) is 1. The summed E-state index contributed by atoms with van der Waals surface area (Å²) in [6.07, 6.45) is 0.373. The molecule has 0 aliphatic rings. The van der Waals surface area contributed by atoms with Gasteiger partial charge < -0.3 is 5.11 Å². The van der Waals surface area contributed by atoms with Gasteiger partial charge in [0.05, 0.1) is 5.69 Å². The molecule has 94 valence electrons. The summed E-state index contributed by atoms with van der Waals surface area (Å²) < 4.78 is 2.21. The molecule has 2 N–H and O–H groups in total. The maximum Gasteiger partial charge on any atom is 0.354 e. The van der Waals surface area contributed by atoms with Crippen molar-refractivity contribution in [1.29, 1.82) is 0 Å². The third-order valence-electron chi connectivity index (χ3n) is 2.76. The summed E-state index contributed by atoms with van der Waals surface area (Å²) in [6, 6.07) is 7.50. The average Bonchev–Trinajstić information content (AvgIpc) is 2.60. The third-order valence-corrected chi connectivity index (χ3v) is 3.53. The van der Waals surface area contributed by atoms with Crippen molar-refractivity contribution in [2.75, 3.05) is 0 Å². The SMILES string of the molecule is Cn1c(Cc2ccccc2Br)c(C(=O)O)[nH]c1=O. The van der Waals surface area contributed by atoms with Gasteiger partial charge in [-0.3, -0.25) is 9.55 Å². The zero-order valence-electron chi connectivity index (χ0n) is 9.61. The Kier molecular flexibility index (Phi) is 3.38. The fraction of sp³-hybridized carbons (Fsp3) is 0.167. The minimum atomic E-state index is -1.13. The van der Waals surface area contributed by atoms with E-state index in [2.05, 4.69) is 20.9 Å². The molecule has 5 nitrogen and oxygen atoms in total. The number of imidazole rings is 1. The summed E-state index contributed by atoms with van der Waals surface area (Å²) in [7, 11) is 1.55. The van der Waals surface area contributed by atoms with Crippen LogP contribution in [-0.2, 0) is 13.5 Å². The lowest BCUT2D eigenvalue weighted by atomic mass is 10.1. The number of hydrogen-bond donors (Lipinski definition) is 2. The Labute approximate surface area is 111 Å². The van der Waals surface area contributed by atoms with E-state index < -0.39 is 11.7 Å². The molecule has 0 bridgehead atoms. The number of nitrogens with one attached hydrogen (secondary N) is 1. The number of carboxylic acid groups (broad SMARTS) is 1. The van der Waals surface area contributed by atoms with E-state index in [1.807, 2.05) is 24.3 Å². The topological polar surface area (TPSA) is 75.1 Å². The Morgan fingerprint density at radius 2 is 2.11 bits per heavy atom. The van der Waals surface area contributed by atoms with Crippen molar-refractivity contribution in [3.63, 3.8) is 0 Å². The number of aromatic carboxylic acids is 1. The first-order valence-corrected chi connectivity index (χ1v) is 6.04. The predicted molar refractivity (Wildman–Crippen MR) is 69.9 cm³/mol. The van der Waals surface area contributed by atoms with E-state index in [0.29, 0.717) is 12.1 Å². The van der Waals surface area contributed by atoms with Crippen LogP contribution in [0, 0.1) is 0 Å². The zero-order valence-corrected chi connectivity index (χ0v) is 11.2. The maximum absolute atomic E-state index is 11.5. The Morgan fingerprint density at radius 1 is 1.44 bits per heavy atom. The second-order valence-electron chi connectivity index (χ2n) is 3.88. The summed E-state index contributed by atoms with van der Waals surface area (Å²) in [6.45, 7) is 0. The maximum atomic E-state index is 11.5. The number of hydrogen-bond acceptors (Lipinski definition) is 2. The zero-order chi connectivity index (χ0) is 13.3. The molecule has 0 radical (unpaired) electrons. The Hall–Kier alpha value is -1.82. The smallest absolute Gasteiger partial charge is 0.354 e. The van der Waals surface area contributed by atoms with Crippen LogP contribution in [0.3, 0.4) is 0 Å². The van der Waals surface area contributed by atoms with Gasteiger partial charge in [0.15, 0.2) is 0 Å². The van der Waals surface area contributed by atoms with Crippen molar-refractivity contribution in [2.45, 2.75) is 6.42 Å². The van der Waals surface area contributed by atoms with Crippen LogP contribution < -0.4 is 5.69 Å². The van der Waals surface area contributed by atoms with Crippen LogP contribution in [0.25, 0.3) is 0 Å². The highest BCUT2D eigenvalue weighted by atomic mass is 79.9. The molecule has 18 heavy (non-hydrogen) atoms. The molecule has 6 heteroatoms. The van der Waals surface area contributed by atoms with E-state index in [-0.39, 0.29) is 5.69 Å². The molecule has 0 fully saturated rings. The van der Waals surface area contributed by atoms with Gasteiger partial charge >= 0.3 is 11.7 Å². The van der Waals surface area contributed by atoms with Crippen LogP contribution in [0.15, 0.2) is 33.5 Å². The third kappa shape index (κ3) is 2.24. The van der Waals surface area contributed by atoms with Gasteiger partial charge in [-0.1, -0.05) is 34.1 Å². The summed E-state index contributed by atoms with van der Waals surface area (Å²) in [5.41, 5.74) is 0.904. The van der Waals surface area contributed by atoms with Crippen LogP contribution in [0.1, 0.15) is 21.7 Å². The Bertz CT molecular complexity index is 658. The number of halogens is 1. The molecule has 2 aromatic rings. The van der Waals surface area contributed by atoms with Crippen molar-refractivity contribution in [3.8, 4) is 0 Å². The minimum Gasteiger partial charge on any atom is -0.477 e. The fourth-order valence-electron chi connectivity index (χ4n) is 1.76. The van der Waals surface area contributed by atoms with Gasteiger partial charge in [-0.2, -0.15) is 0 Å². The first-order chi connectivity index (χ1) is 8.50. The van der Waals surface area contributed by atoms with Gasteiger partial charge in [0, 0.05) is 17.9 Å². The first kappa shape index (κ1) is 12.6. The number of benzene rings is 1. The van der Waals surface area contributed by atoms with E-state index >= 15 is 0 Å². The molecule has 0 amide bonds. The standard InChI is InChI=1S/C12H11BrN2O3/c1-15-9(10(11(16)17)14-12(15)18)6-7-4-2-3-5-8(7)13/h2-5H,6H2,1H3,(H,14,18)(H,16,17). The Balaban J connectivity index is 2.50. The van der Waals surface area contributed by atoms with Crippen LogP contribution in [0.5, 0.6) is 0 Å². The summed E-state index contributed by atoms with van der Waals surface area (Å²) in [5.74, 6) is -1.13. The Morgan fingerprint density at radius 3 is 2.72 bits per heavy atom. The molecule has 2 rings (SSSR count). The molecule has 1 heterocycles. The van der Waals surface area contributed by atoms with Gasteiger partial charge in [0.2, 0.25) is 0 Å². The summed E-state index contributed by atoms with van der Waals surface area (Å²) in [4.78, 5) is 24.9. The van der Waals surface area contributed by atoms with Crippen molar-refractivity contribution >= 4 is 21.9 Å². The molecule has 0 spiro atoms. The van der Waals surface area contributed by atoms with Crippen molar-refractivity contribution in [2.24, 2.45) is 7.05 Å². The summed E-state index contributed by atoms with van der Waals surface area (Å²) >= 11 is 3.40. The van der Waals surface area contributed by atoms with Gasteiger partial charge in [-0.05, 0) is 11.6 Å². The number of carbonyl (C=O) groups is 1. The largest absolute Gasteiger partial charge is 0.477 e. The minimum absolute atomic E-state index is 0.0572. The van der Waals surface area contributed by atoms with Crippen molar-refractivity contribution < 1.29 is 9.90 Å². The van der Waals surface area contributed by atoms with E-state index in [0.717, 1.165) is 10.0 Å². The molecule has 0 saturated heterocycles. The number of carboxylic acids is 1. The van der Waals surface area contributed by atoms with Gasteiger partial charge in [-0.15, -0.1) is 0 Å². The molecule has 1 aromatic heterocycles. The number of rotatable bonds is 3. The highest BCUT2D eigenvalue weighted by Gasteiger charge is 2.18. The highest BCUT2D eigenvalue weighted by molar-refractivity contribution is 9.10. The van der Waals surface area contributed by atoms with E-state index in [9.17, 15) is 9.59 Å². The van der Waals surface area contributed by atoms with Crippen LogP contribution in [0.2, 0.25) is 0 Å². The molecule has 0 aliphatic heterocycles. The van der Waals surface area contributed by atoms with Crippen LogP contribution in [0.4, 0.5) is 0 Å². The van der Waals surface area contributed by atoms with E-state index in [1.165, 1.54) is 4.57 Å². The lowest BCUT2D eigenvalue weighted by Crippen LogP contribution is -2.14. The molecular weight excluding hydrogens is 300 g/mol. The van der Waals surface area contributed by atoms with Crippen molar-refractivity contribution in [1.82, 2.24) is 9.55 Å². The number of aromatic amines is 1. The second kappa shape index (κ2) is 4.81. The molecule has 0 unspecified atom stereocenters. The molecular formula is C12H11BrN2O3. The number of H-pyrrole nitrogens is 1. The normalized spacial score (nSPS) is 10.6. The van der Waals surface area contributed by atoms with Crippen LogP contribution in [-0.4, -0.2) is 20.6 Å². The second-order valence-corrected chi connectivity index (χ2v) is 4.74. The first-order valence-electron chi connectivity index (χ1n) is 5.25. The average molecular weight is 311 g/mol. The van der Waals surface area contributed by atoms with Gasteiger partial charge in [0.1, 0.15) is 5.69 Å². The van der Waals surface area contributed by atoms with Crippen LogP contribution >= 0.6 is 15.9 Å². The lowest BCUT2D eigenvalue weighted by Gasteiger charge is -2.06.